The van der Waals surface area contributed by atoms with E-state index in [0.717, 1.165) is 38.5 Å². The lowest BCUT2D eigenvalue weighted by molar-refractivity contribution is -0.123. The van der Waals surface area contributed by atoms with Gasteiger partial charge in [-0.3, -0.25) is 4.79 Å². The molecule has 58 heavy (non-hydrogen) atoms. The van der Waals surface area contributed by atoms with Gasteiger partial charge in [0.25, 0.3) is 0 Å². The van der Waals surface area contributed by atoms with Crippen LogP contribution in [0.5, 0.6) is 0 Å². The standard InChI is InChI=1S/C54H103NO3/c1-3-5-7-9-11-13-15-17-19-21-22-23-24-25-26-27-28-29-30-31-32-34-36-38-40-42-44-46-48-50-54(58)55-52(51-56)53(57)49-47-45-43-41-39-37-35-33-20-18-16-14-12-10-8-6-4-2/h15,17,21-22,24-25,52-53,56-57H,3-14,16,18-20,23,26-51H2,1-2H3,(H,55,58)/b17-15-,22-21-,25-24-. The second kappa shape index (κ2) is 50.0. The fourth-order valence-corrected chi connectivity index (χ4v) is 8.13. The maximum Gasteiger partial charge on any atom is 0.220 e. The van der Waals surface area contributed by atoms with Gasteiger partial charge in [0.2, 0.25) is 5.91 Å². The molecule has 0 rings (SSSR count). The lowest BCUT2D eigenvalue weighted by atomic mass is 10.0. The first-order valence-electron chi connectivity index (χ1n) is 26.2. The van der Waals surface area contributed by atoms with E-state index in [1.54, 1.807) is 0 Å². The summed E-state index contributed by atoms with van der Waals surface area (Å²) in [6, 6.07) is -0.536. The van der Waals surface area contributed by atoms with Gasteiger partial charge in [0.1, 0.15) is 0 Å². The van der Waals surface area contributed by atoms with Crippen molar-refractivity contribution in [2.24, 2.45) is 0 Å². The third-order valence-corrected chi connectivity index (χ3v) is 12.2. The molecule has 342 valence electrons. The number of carbonyl (C=O) groups excluding carboxylic acids is 1. The van der Waals surface area contributed by atoms with Crippen molar-refractivity contribution < 1.29 is 15.0 Å². The molecule has 0 aliphatic heterocycles. The average molecular weight is 814 g/mol. The van der Waals surface area contributed by atoms with Gasteiger partial charge in [-0.2, -0.15) is 0 Å². The van der Waals surface area contributed by atoms with Crippen molar-refractivity contribution in [3.8, 4) is 0 Å². The molecule has 0 aromatic rings. The molecule has 0 bridgehead atoms. The number of carbonyl (C=O) groups is 1. The normalized spacial score (nSPS) is 13.1. The number of rotatable bonds is 48. The number of unbranched alkanes of at least 4 members (excludes halogenated alkanes) is 35. The summed E-state index contributed by atoms with van der Waals surface area (Å²) in [5, 5.41) is 23.3. The zero-order chi connectivity index (χ0) is 42.1. The molecule has 4 heteroatoms. The van der Waals surface area contributed by atoms with Crippen LogP contribution in [0.1, 0.15) is 284 Å². The van der Waals surface area contributed by atoms with Gasteiger partial charge in [-0.25, -0.2) is 0 Å². The Morgan fingerprint density at radius 1 is 0.414 bits per heavy atom. The summed E-state index contributed by atoms with van der Waals surface area (Å²) in [5.74, 6) is -0.0294. The molecule has 0 saturated heterocycles. The highest BCUT2D eigenvalue weighted by Crippen LogP contribution is 2.17. The number of amides is 1. The molecular weight excluding hydrogens is 711 g/mol. The Balaban J connectivity index is 3.46. The Morgan fingerprint density at radius 2 is 0.707 bits per heavy atom. The summed E-state index contributed by atoms with van der Waals surface area (Å²) in [4.78, 5) is 12.5. The van der Waals surface area contributed by atoms with Crippen molar-refractivity contribution in [1.82, 2.24) is 5.32 Å². The first kappa shape index (κ1) is 56.6. The number of aliphatic hydroxyl groups excluding tert-OH is 2. The molecule has 0 aromatic heterocycles. The van der Waals surface area contributed by atoms with E-state index in [2.05, 4.69) is 55.6 Å². The van der Waals surface area contributed by atoms with Gasteiger partial charge in [-0.15, -0.1) is 0 Å². The molecule has 0 radical (unpaired) electrons. The molecule has 1 amide bonds. The first-order chi connectivity index (χ1) is 28.7. The zero-order valence-electron chi connectivity index (χ0n) is 39.3. The highest BCUT2D eigenvalue weighted by atomic mass is 16.3. The predicted octanol–water partition coefficient (Wildman–Crippen LogP) is 16.9. The lowest BCUT2D eigenvalue weighted by Gasteiger charge is -2.22. The number of hydrogen-bond donors (Lipinski definition) is 3. The van der Waals surface area contributed by atoms with Crippen LogP contribution < -0.4 is 5.32 Å². The molecule has 0 aliphatic carbocycles. The van der Waals surface area contributed by atoms with E-state index in [4.69, 9.17) is 0 Å². The molecule has 0 aliphatic rings. The van der Waals surface area contributed by atoms with E-state index in [1.165, 1.54) is 218 Å². The third kappa shape index (κ3) is 45.7. The monoisotopic (exact) mass is 814 g/mol. The summed E-state index contributed by atoms with van der Waals surface area (Å²) < 4.78 is 0. The van der Waals surface area contributed by atoms with Crippen molar-refractivity contribution in [2.75, 3.05) is 6.61 Å². The Hall–Kier alpha value is -1.39. The minimum atomic E-state index is -0.659. The first-order valence-corrected chi connectivity index (χ1v) is 26.2. The second-order valence-electron chi connectivity index (χ2n) is 17.9. The predicted molar refractivity (Wildman–Crippen MR) is 258 cm³/mol. The van der Waals surface area contributed by atoms with Crippen molar-refractivity contribution in [2.45, 2.75) is 296 Å². The van der Waals surface area contributed by atoms with Gasteiger partial charge >= 0.3 is 0 Å². The van der Waals surface area contributed by atoms with Gasteiger partial charge in [0.05, 0.1) is 18.8 Å². The number of nitrogens with one attached hydrogen (secondary N) is 1. The smallest absolute Gasteiger partial charge is 0.220 e. The summed E-state index contributed by atoms with van der Waals surface area (Å²) in [6.45, 7) is 4.37. The number of allylic oxidation sites excluding steroid dienone is 6. The maximum absolute atomic E-state index is 12.5. The van der Waals surface area contributed by atoms with Crippen molar-refractivity contribution in [3.63, 3.8) is 0 Å². The molecule has 4 nitrogen and oxygen atoms in total. The van der Waals surface area contributed by atoms with E-state index in [9.17, 15) is 15.0 Å². The van der Waals surface area contributed by atoms with Gasteiger partial charge in [0, 0.05) is 6.42 Å². The van der Waals surface area contributed by atoms with E-state index < -0.39 is 12.1 Å². The number of hydrogen-bond acceptors (Lipinski definition) is 3. The molecule has 2 atom stereocenters. The third-order valence-electron chi connectivity index (χ3n) is 12.2. The fraction of sp³-hybridized carbons (Fsp3) is 0.870. The second-order valence-corrected chi connectivity index (χ2v) is 17.9. The lowest BCUT2D eigenvalue weighted by Crippen LogP contribution is -2.45. The van der Waals surface area contributed by atoms with Gasteiger partial charge in [-0.1, -0.05) is 262 Å². The quantitative estimate of drug-likeness (QED) is 0.0423. The van der Waals surface area contributed by atoms with Crippen LogP contribution in [0, 0.1) is 0 Å². The van der Waals surface area contributed by atoms with Crippen LogP contribution >= 0.6 is 0 Å². The van der Waals surface area contributed by atoms with Gasteiger partial charge in [0.15, 0.2) is 0 Å². The molecule has 0 spiro atoms. The molecular formula is C54H103NO3. The van der Waals surface area contributed by atoms with Crippen LogP contribution in [0.2, 0.25) is 0 Å². The fourth-order valence-electron chi connectivity index (χ4n) is 8.13. The van der Waals surface area contributed by atoms with E-state index in [1.807, 2.05) is 0 Å². The topological polar surface area (TPSA) is 69.6 Å². The zero-order valence-corrected chi connectivity index (χ0v) is 39.3. The molecule has 0 aromatic carbocycles. The Labute approximate surface area is 363 Å². The summed E-state index contributed by atoms with van der Waals surface area (Å²) in [6.07, 6.45) is 66.8. The molecule has 3 N–H and O–H groups in total. The van der Waals surface area contributed by atoms with E-state index in [0.29, 0.717) is 12.8 Å². The summed E-state index contributed by atoms with van der Waals surface area (Å²) >= 11 is 0. The van der Waals surface area contributed by atoms with Crippen molar-refractivity contribution >= 4 is 5.91 Å². The molecule has 0 saturated carbocycles. The van der Waals surface area contributed by atoms with E-state index >= 15 is 0 Å². The van der Waals surface area contributed by atoms with Crippen LogP contribution in [-0.2, 0) is 4.79 Å². The van der Waals surface area contributed by atoms with Crippen LogP contribution in [0.15, 0.2) is 36.5 Å². The molecule has 2 unspecified atom stereocenters. The summed E-state index contributed by atoms with van der Waals surface area (Å²) in [7, 11) is 0. The van der Waals surface area contributed by atoms with Crippen LogP contribution in [0.4, 0.5) is 0 Å². The molecule has 0 heterocycles. The minimum absolute atomic E-state index is 0.0294. The van der Waals surface area contributed by atoms with Crippen LogP contribution in [0.3, 0.4) is 0 Å². The van der Waals surface area contributed by atoms with Gasteiger partial charge < -0.3 is 15.5 Å². The highest BCUT2D eigenvalue weighted by molar-refractivity contribution is 5.76. The highest BCUT2D eigenvalue weighted by Gasteiger charge is 2.20. The maximum atomic E-state index is 12.5. The van der Waals surface area contributed by atoms with Crippen LogP contribution in [-0.4, -0.2) is 34.9 Å². The Bertz CT molecular complexity index is 882. The Morgan fingerprint density at radius 3 is 1.05 bits per heavy atom. The Kier molecular flexibility index (Phi) is 48.8. The largest absolute Gasteiger partial charge is 0.394 e. The van der Waals surface area contributed by atoms with Crippen molar-refractivity contribution in [3.05, 3.63) is 36.5 Å². The van der Waals surface area contributed by atoms with Crippen molar-refractivity contribution in [1.29, 1.82) is 0 Å². The average Bonchev–Trinajstić information content (AvgIpc) is 3.23. The van der Waals surface area contributed by atoms with E-state index in [-0.39, 0.29) is 12.5 Å². The summed E-state index contributed by atoms with van der Waals surface area (Å²) in [5.41, 5.74) is 0. The minimum Gasteiger partial charge on any atom is -0.394 e. The SMILES string of the molecule is CCCCCCC/C=C\C/C=C\C/C=C\CCCCCCCCCCCCCCCCC(=O)NC(CO)C(O)CCCCCCCCCCCCCCCCCCC. The number of aliphatic hydroxyl groups is 2. The van der Waals surface area contributed by atoms with Crippen LogP contribution in [0.25, 0.3) is 0 Å². The van der Waals surface area contributed by atoms with Gasteiger partial charge in [-0.05, 0) is 51.4 Å². The molecule has 0 fully saturated rings.